The number of thioether (sulfide) groups is 1. The van der Waals surface area contributed by atoms with Crippen molar-refractivity contribution in [1.29, 1.82) is 0 Å². The molecule has 4 heterocycles. The fourth-order valence-corrected chi connectivity index (χ4v) is 4.14. The van der Waals surface area contributed by atoms with E-state index in [0.29, 0.717) is 5.69 Å². The summed E-state index contributed by atoms with van der Waals surface area (Å²) in [5.41, 5.74) is 1.19. The van der Waals surface area contributed by atoms with E-state index in [-0.39, 0.29) is 11.9 Å². The van der Waals surface area contributed by atoms with E-state index in [0.717, 1.165) is 34.7 Å². The molecular formula is C16H19N3O2S. The van der Waals surface area contributed by atoms with E-state index < -0.39 is 0 Å². The number of nitrogens with one attached hydrogen (secondary N) is 1. The molecule has 0 aromatic carbocycles. The number of fused-ring (bicyclic) bond motifs is 3. The highest BCUT2D eigenvalue weighted by Crippen LogP contribution is 2.29. The van der Waals surface area contributed by atoms with Crippen molar-refractivity contribution < 1.29 is 9.21 Å². The molecule has 5 nitrogen and oxygen atoms in total. The van der Waals surface area contributed by atoms with Gasteiger partial charge in [-0.1, -0.05) is 0 Å². The van der Waals surface area contributed by atoms with Crippen LogP contribution in [0.1, 0.15) is 23.3 Å². The van der Waals surface area contributed by atoms with Gasteiger partial charge in [0, 0.05) is 24.5 Å². The average molecular weight is 317 g/mol. The standard InChI is InChI=1S/C16H19N3O2S/c1-22-15-9-21-14-6-17-13(5-12(14)15)16(20)18-11-4-10-2-3-19(7-10)8-11/h5-6,9-11H,2-4,7-8H2,1H3,(H,18,20)/t10-,11-/m1/s1. The minimum atomic E-state index is -0.0809. The number of aromatic nitrogens is 1. The molecule has 2 aromatic rings. The largest absolute Gasteiger partial charge is 0.462 e. The molecule has 2 aliphatic heterocycles. The lowest BCUT2D eigenvalue weighted by molar-refractivity contribution is 0.0904. The number of furan rings is 1. The monoisotopic (exact) mass is 317 g/mol. The third-order valence-corrected chi connectivity index (χ3v) is 5.44. The molecule has 2 saturated heterocycles. The third-order valence-electron chi connectivity index (χ3n) is 4.68. The Hall–Kier alpha value is -1.53. The van der Waals surface area contributed by atoms with Crippen LogP contribution in [0.5, 0.6) is 0 Å². The van der Waals surface area contributed by atoms with Crippen molar-refractivity contribution in [3.8, 4) is 0 Å². The molecule has 0 radical (unpaired) electrons. The van der Waals surface area contributed by atoms with Crippen LogP contribution in [0.4, 0.5) is 0 Å². The van der Waals surface area contributed by atoms with E-state index in [9.17, 15) is 4.79 Å². The molecule has 6 heteroatoms. The molecule has 0 spiro atoms. The first-order valence-electron chi connectivity index (χ1n) is 7.67. The van der Waals surface area contributed by atoms with E-state index in [1.165, 1.54) is 19.5 Å². The van der Waals surface area contributed by atoms with Crippen LogP contribution in [-0.2, 0) is 0 Å². The first-order valence-corrected chi connectivity index (χ1v) is 8.90. The number of hydrogen-bond acceptors (Lipinski definition) is 5. The Morgan fingerprint density at radius 2 is 2.41 bits per heavy atom. The lowest BCUT2D eigenvalue weighted by Crippen LogP contribution is -2.47. The van der Waals surface area contributed by atoms with Crippen LogP contribution in [0.15, 0.2) is 27.8 Å². The van der Waals surface area contributed by atoms with Crippen LogP contribution in [0.2, 0.25) is 0 Å². The number of nitrogens with zero attached hydrogens (tertiary/aromatic N) is 2. The summed E-state index contributed by atoms with van der Waals surface area (Å²) in [6.45, 7) is 3.34. The van der Waals surface area contributed by atoms with E-state index in [4.69, 9.17) is 4.42 Å². The van der Waals surface area contributed by atoms with E-state index in [1.54, 1.807) is 24.2 Å². The normalized spacial score (nSPS) is 27.2. The second-order valence-corrected chi connectivity index (χ2v) is 7.04. The van der Waals surface area contributed by atoms with Gasteiger partial charge in [-0.25, -0.2) is 4.98 Å². The van der Waals surface area contributed by atoms with Crippen LogP contribution in [0, 0.1) is 5.92 Å². The maximum Gasteiger partial charge on any atom is 0.270 e. The molecule has 2 aromatic heterocycles. The molecule has 1 N–H and O–H groups in total. The predicted molar refractivity (Wildman–Crippen MR) is 86.2 cm³/mol. The first kappa shape index (κ1) is 14.1. The molecule has 4 rings (SSSR count). The number of rotatable bonds is 3. The lowest BCUT2D eigenvalue weighted by Gasteiger charge is -2.30. The fourth-order valence-electron chi connectivity index (χ4n) is 3.62. The van der Waals surface area contributed by atoms with Gasteiger partial charge in [-0.15, -0.1) is 11.8 Å². The van der Waals surface area contributed by atoms with Crippen molar-refractivity contribution in [2.45, 2.75) is 23.8 Å². The molecule has 2 bridgehead atoms. The van der Waals surface area contributed by atoms with Gasteiger partial charge in [-0.3, -0.25) is 4.79 Å². The Labute approximate surface area is 133 Å². The summed E-state index contributed by atoms with van der Waals surface area (Å²) in [6, 6.07) is 2.08. The molecular weight excluding hydrogens is 298 g/mol. The second kappa shape index (κ2) is 5.59. The van der Waals surface area contributed by atoms with Crippen LogP contribution in [0.25, 0.3) is 11.0 Å². The highest BCUT2D eigenvalue weighted by atomic mass is 32.2. The van der Waals surface area contributed by atoms with Gasteiger partial charge in [0.15, 0.2) is 5.58 Å². The van der Waals surface area contributed by atoms with Crippen molar-refractivity contribution >= 4 is 28.6 Å². The minimum absolute atomic E-state index is 0.0809. The first-order chi connectivity index (χ1) is 10.7. The second-order valence-electron chi connectivity index (χ2n) is 6.19. The summed E-state index contributed by atoms with van der Waals surface area (Å²) < 4.78 is 5.44. The Kier molecular flexibility index (Phi) is 3.58. The highest BCUT2D eigenvalue weighted by molar-refractivity contribution is 7.98. The quantitative estimate of drug-likeness (QED) is 0.881. The van der Waals surface area contributed by atoms with Gasteiger partial charge in [0.25, 0.3) is 5.91 Å². The Bertz CT molecular complexity index is 702. The molecule has 1 amide bonds. The summed E-state index contributed by atoms with van der Waals surface area (Å²) >= 11 is 1.61. The molecule has 116 valence electrons. The highest BCUT2D eigenvalue weighted by Gasteiger charge is 2.33. The van der Waals surface area contributed by atoms with Gasteiger partial charge in [0.05, 0.1) is 11.1 Å². The molecule has 0 saturated carbocycles. The van der Waals surface area contributed by atoms with Gasteiger partial charge in [-0.2, -0.15) is 0 Å². The van der Waals surface area contributed by atoms with Crippen molar-refractivity contribution in [1.82, 2.24) is 15.2 Å². The van der Waals surface area contributed by atoms with Crippen molar-refractivity contribution in [3.63, 3.8) is 0 Å². The average Bonchev–Trinajstić information content (AvgIpc) is 3.09. The predicted octanol–water partition coefficient (Wildman–Crippen LogP) is 2.37. The zero-order valence-corrected chi connectivity index (χ0v) is 13.4. The van der Waals surface area contributed by atoms with E-state index in [1.807, 2.05) is 12.3 Å². The molecule has 2 fully saturated rings. The molecule has 22 heavy (non-hydrogen) atoms. The smallest absolute Gasteiger partial charge is 0.270 e. The van der Waals surface area contributed by atoms with Gasteiger partial charge >= 0.3 is 0 Å². The molecule has 1 unspecified atom stereocenters. The minimum Gasteiger partial charge on any atom is -0.462 e. The fraction of sp³-hybridized carbons (Fsp3) is 0.500. The third kappa shape index (κ3) is 2.50. The van der Waals surface area contributed by atoms with Crippen LogP contribution < -0.4 is 5.32 Å². The Morgan fingerprint density at radius 1 is 1.50 bits per heavy atom. The van der Waals surface area contributed by atoms with Gasteiger partial charge in [-0.05, 0) is 37.6 Å². The maximum absolute atomic E-state index is 12.5. The van der Waals surface area contributed by atoms with Crippen molar-refractivity contribution in [2.75, 3.05) is 25.9 Å². The van der Waals surface area contributed by atoms with Gasteiger partial charge in [0.1, 0.15) is 12.0 Å². The summed E-state index contributed by atoms with van der Waals surface area (Å²) in [5.74, 6) is 0.661. The summed E-state index contributed by atoms with van der Waals surface area (Å²) in [6.07, 6.45) is 7.70. The number of carbonyl (C=O) groups excluding carboxylic acids is 1. The summed E-state index contributed by atoms with van der Waals surface area (Å²) in [5, 5.41) is 4.11. The van der Waals surface area contributed by atoms with Crippen molar-refractivity contribution in [2.24, 2.45) is 5.92 Å². The zero-order chi connectivity index (χ0) is 15.1. The van der Waals surface area contributed by atoms with Crippen LogP contribution in [-0.4, -0.2) is 47.7 Å². The Morgan fingerprint density at radius 3 is 3.23 bits per heavy atom. The van der Waals surface area contributed by atoms with E-state index >= 15 is 0 Å². The lowest BCUT2D eigenvalue weighted by atomic mass is 9.97. The van der Waals surface area contributed by atoms with Crippen molar-refractivity contribution in [3.05, 3.63) is 24.2 Å². The SMILES string of the molecule is CSc1coc2cnc(C(=O)N[C@@H]3C[C@H]4CCN(C4)C3)cc12. The molecule has 3 atom stereocenters. The van der Waals surface area contributed by atoms with Gasteiger partial charge in [0.2, 0.25) is 0 Å². The summed E-state index contributed by atoms with van der Waals surface area (Å²) in [7, 11) is 0. The topological polar surface area (TPSA) is 58.4 Å². The molecule has 0 aliphatic carbocycles. The number of amides is 1. The van der Waals surface area contributed by atoms with Crippen LogP contribution >= 0.6 is 11.8 Å². The van der Waals surface area contributed by atoms with Crippen LogP contribution in [0.3, 0.4) is 0 Å². The van der Waals surface area contributed by atoms with E-state index in [2.05, 4.69) is 15.2 Å². The summed E-state index contributed by atoms with van der Waals surface area (Å²) in [4.78, 5) is 20.2. The number of piperidine rings is 1. The number of carbonyl (C=O) groups is 1. The maximum atomic E-state index is 12.5. The van der Waals surface area contributed by atoms with Gasteiger partial charge < -0.3 is 14.6 Å². The number of pyridine rings is 1. The Balaban J connectivity index is 1.52. The number of hydrogen-bond donors (Lipinski definition) is 1. The zero-order valence-electron chi connectivity index (χ0n) is 12.5. The molecule has 2 aliphatic rings.